The Bertz CT molecular complexity index is 625. The van der Waals surface area contributed by atoms with Crippen molar-refractivity contribution < 1.29 is 8.78 Å². The molecule has 0 amide bonds. The molecule has 0 saturated carbocycles. The van der Waals surface area contributed by atoms with Crippen LogP contribution in [-0.4, -0.2) is 6.54 Å². The van der Waals surface area contributed by atoms with Crippen molar-refractivity contribution in [3.8, 4) is 6.07 Å². The molecule has 0 N–H and O–H groups in total. The van der Waals surface area contributed by atoms with Gasteiger partial charge in [-0.3, -0.25) is 0 Å². The molecule has 0 bridgehead atoms. The van der Waals surface area contributed by atoms with Crippen molar-refractivity contribution in [2.75, 3.05) is 11.4 Å². The lowest BCUT2D eigenvalue weighted by molar-refractivity contribution is 0.577. The summed E-state index contributed by atoms with van der Waals surface area (Å²) in [6.45, 7) is 2.54. The number of benzene rings is 2. The molecule has 0 aromatic heterocycles. The smallest absolute Gasteiger partial charge is 0.151 e. The van der Waals surface area contributed by atoms with Crippen molar-refractivity contribution in [2.24, 2.45) is 0 Å². The zero-order valence-electron chi connectivity index (χ0n) is 11.8. The summed E-state index contributed by atoms with van der Waals surface area (Å²) in [4.78, 5) is 1.62. The van der Waals surface area contributed by atoms with E-state index in [4.69, 9.17) is 5.26 Å². The van der Waals surface area contributed by atoms with Crippen LogP contribution in [0.15, 0.2) is 42.5 Å². The normalized spacial score (nSPS) is 10.2. The second kappa shape index (κ2) is 6.85. The number of nitrogens with zero attached hydrogens (tertiary/aromatic N) is 2. The fourth-order valence-corrected chi connectivity index (χ4v) is 2.18. The molecule has 0 heterocycles. The molecule has 0 unspecified atom stereocenters. The Morgan fingerprint density at radius 3 is 2.24 bits per heavy atom. The van der Waals surface area contributed by atoms with E-state index in [1.807, 2.05) is 37.3 Å². The zero-order chi connectivity index (χ0) is 15.2. The van der Waals surface area contributed by atoms with E-state index < -0.39 is 11.6 Å². The monoisotopic (exact) mass is 286 g/mol. The number of hydrogen-bond donors (Lipinski definition) is 0. The number of halogens is 2. The molecule has 4 heteroatoms. The second-order valence-electron chi connectivity index (χ2n) is 4.74. The van der Waals surface area contributed by atoms with Crippen LogP contribution in [0.5, 0.6) is 0 Å². The maximum atomic E-state index is 14.2. The van der Waals surface area contributed by atoms with Crippen LogP contribution >= 0.6 is 0 Å². The Hall–Kier alpha value is -2.41. The Morgan fingerprint density at radius 1 is 1.10 bits per heavy atom. The minimum absolute atomic E-state index is 0.0164. The first-order valence-electron chi connectivity index (χ1n) is 6.89. The lowest BCUT2D eigenvalue weighted by atomic mass is 10.1. The molecule has 2 nitrogen and oxygen atoms in total. The molecule has 0 saturated heterocycles. The first kappa shape index (κ1) is 15.0. The zero-order valence-corrected chi connectivity index (χ0v) is 11.8. The van der Waals surface area contributed by atoms with Crippen LogP contribution < -0.4 is 4.90 Å². The molecule has 2 aromatic carbocycles. The van der Waals surface area contributed by atoms with Gasteiger partial charge in [-0.2, -0.15) is 5.26 Å². The van der Waals surface area contributed by atoms with Crippen molar-refractivity contribution in [1.82, 2.24) is 0 Å². The van der Waals surface area contributed by atoms with Gasteiger partial charge in [0.2, 0.25) is 0 Å². The van der Waals surface area contributed by atoms with Gasteiger partial charge < -0.3 is 4.90 Å². The van der Waals surface area contributed by atoms with Crippen molar-refractivity contribution in [2.45, 2.75) is 19.8 Å². The Labute approximate surface area is 123 Å². The average Bonchev–Trinajstić information content (AvgIpc) is 2.50. The fraction of sp³-hybridized carbons (Fsp3) is 0.235. The van der Waals surface area contributed by atoms with Crippen LogP contribution in [0.1, 0.15) is 25.3 Å². The second-order valence-corrected chi connectivity index (χ2v) is 4.74. The number of unbranched alkanes of at least 4 members (excludes halogenated alkanes) is 1. The third kappa shape index (κ3) is 3.38. The van der Waals surface area contributed by atoms with E-state index in [1.54, 1.807) is 11.0 Å². The molecule has 2 aromatic rings. The predicted molar refractivity (Wildman–Crippen MR) is 79.4 cm³/mol. The van der Waals surface area contributed by atoms with Crippen LogP contribution in [0.2, 0.25) is 0 Å². The number of anilines is 2. The van der Waals surface area contributed by atoms with Crippen LogP contribution in [0, 0.1) is 23.0 Å². The van der Waals surface area contributed by atoms with Crippen LogP contribution in [0.4, 0.5) is 20.2 Å². The van der Waals surface area contributed by atoms with E-state index in [2.05, 4.69) is 0 Å². The van der Waals surface area contributed by atoms with E-state index in [1.165, 1.54) is 0 Å². The minimum Gasteiger partial charge on any atom is -0.337 e. The SMILES string of the molecule is CCCCN(c1ccccc1)c1c(F)cc(C#N)cc1F. The van der Waals surface area contributed by atoms with Crippen molar-refractivity contribution in [1.29, 1.82) is 5.26 Å². The van der Waals surface area contributed by atoms with Crippen LogP contribution in [0.25, 0.3) is 0 Å². The van der Waals surface area contributed by atoms with Crippen molar-refractivity contribution in [3.05, 3.63) is 59.7 Å². The molecule has 21 heavy (non-hydrogen) atoms. The van der Waals surface area contributed by atoms with Gasteiger partial charge in [-0.15, -0.1) is 0 Å². The van der Waals surface area contributed by atoms with Gasteiger partial charge in [0, 0.05) is 12.2 Å². The summed E-state index contributed by atoms with van der Waals surface area (Å²) in [5.74, 6) is -1.43. The van der Waals surface area contributed by atoms with E-state index in [-0.39, 0.29) is 11.3 Å². The summed E-state index contributed by atoms with van der Waals surface area (Å²) < 4.78 is 28.5. The topological polar surface area (TPSA) is 27.0 Å². The Balaban J connectivity index is 2.49. The van der Waals surface area contributed by atoms with Gasteiger partial charge in [-0.25, -0.2) is 8.78 Å². The first-order chi connectivity index (χ1) is 10.2. The highest BCUT2D eigenvalue weighted by molar-refractivity contribution is 5.65. The van der Waals surface area contributed by atoms with Crippen LogP contribution in [0.3, 0.4) is 0 Å². The summed E-state index contributed by atoms with van der Waals surface area (Å²) in [6, 6.07) is 13.0. The highest BCUT2D eigenvalue weighted by atomic mass is 19.1. The quantitative estimate of drug-likeness (QED) is 0.791. The molecule has 0 atom stereocenters. The van der Waals surface area contributed by atoms with Gasteiger partial charge in [-0.1, -0.05) is 31.5 Å². The highest BCUT2D eigenvalue weighted by Gasteiger charge is 2.19. The largest absolute Gasteiger partial charge is 0.337 e. The molecule has 0 spiro atoms. The van der Waals surface area contributed by atoms with Crippen molar-refractivity contribution in [3.63, 3.8) is 0 Å². The van der Waals surface area contributed by atoms with E-state index >= 15 is 0 Å². The number of nitriles is 1. The summed E-state index contributed by atoms with van der Waals surface area (Å²) >= 11 is 0. The van der Waals surface area contributed by atoms with E-state index in [0.717, 1.165) is 30.7 Å². The van der Waals surface area contributed by atoms with Gasteiger partial charge in [-0.05, 0) is 30.7 Å². The van der Waals surface area contributed by atoms with Gasteiger partial charge in [0.25, 0.3) is 0 Å². The standard InChI is InChI=1S/C17H16F2N2/c1-2-3-9-21(14-7-5-4-6-8-14)17-15(18)10-13(12-20)11-16(17)19/h4-8,10-11H,2-3,9H2,1H3. The lowest BCUT2D eigenvalue weighted by Crippen LogP contribution is -2.21. The number of para-hydroxylation sites is 1. The maximum Gasteiger partial charge on any atom is 0.151 e. The summed E-state index contributed by atoms with van der Waals surface area (Å²) in [7, 11) is 0. The van der Waals surface area contributed by atoms with Gasteiger partial charge in [0.05, 0.1) is 11.6 Å². The fourth-order valence-electron chi connectivity index (χ4n) is 2.18. The summed E-state index contributed by atoms with van der Waals surface area (Å²) in [6.07, 6.45) is 1.73. The maximum absolute atomic E-state index is 14.2. The summed E-state index contributed by atoms with van der Waals surface area (Å²) in [5, 5.41) is 8.78. The van der Waals surface area contributed by atoms with Crippen LogP contribution in [-0.2, 0) is 0 Å². The number of hydrogen-bond acceptors (Lipinski definition) is 2. The molecule has 0 radical (unpaired) electrons. The number of rotatable bonds is 5. The molecule has 108 valence electrons. The predicted octanol–water partition coefficient (Wildman–Crippen LogP) is 4.77. The molecule has 0 aliphatic rings. The minimum atomic E-state index is -0.716. The molecule has 0 aliphatic carbocycles. The molecular weight excluding hydrogens is 270 g/mol. The average molecular weight is 286 g/mol. The molecular formula is C17H16F2N2. The van der Waals surface area contributed by atoms with Gasteiger partial charge in [0.1, 0.15) is 5.69 Å². The van der Waals surface area contributed by atoms with Gasteiger partial charge in [0.15, 0.2) is 11.6 Å². The first-order valence-corrected chi connectivity index (χ1v) is 6.89. The third-order valence-electron chi connectivity index (χ3n) is 3.22. The van der Waals surface area contributed by atoms with E-state index in [0.29, 0.717) is 6.54 Å². The highest BCUT2D eigenvalue weighted by Crippen LogP contribution is 2.31. The van der Waals surface area contributed by atoms with Gasteiger partial charge >= 0.3 is 0 Å². The Morgan fingerprint density at radius 2 is 1.71 bits per heavy atom. The van der Waals surface area contributed by atoms with Crippen molar-refractivity contribution >= 4 is 11.4 Å². The van der Waals surface area contributed by atoms with E-state index in [9.17, 15) is 8.78 Å². The molecule has 0 fully saturated rings. The third-order valence-corrected chi connectivity index (χ3v) is 3.22. The molecule has 0 aliphatic heterocycles. The molecule has 2 rings (SSSR count). The summed E-state index contributed by atoms with van der Waals surface area (Å²) in [5.41, 5.74) is 0.611. The lowest BCUT2D eigenvalue weighted by Gasteiger charge is -2.26. The Kier molecular flexibility index (Phi) is 4.89.